The van der Waals surface area contributed by atoms with E-state index in [1.807, 2.05) is 0 Å². The maximum absolute atomic E-state index is 13.0. The maximum Gasteiger partial charge on any atom is 0.165 e. The number of hydrogen-bond acceptors (Lipinski definition) is 4. The Balaban J connectivity index is 1.71. The summed E-state index contributed by atoms with van der Waals surface area (Å²) in [5.41, 5.74) is -0.997. The first-order valence-corrected chi connectivity index (χ1v) is 9.79. The lowest BCUT2D eigenvalue weighted by atomic mass is 9.43. The molecule has 25 heavy (non-hydrogen) atoms. The van der Waals surface area contributed by atoms with E-state index >= 15 is 0 Å². The minimum atomic E-state index is -1.38. The molecule has 4 aliphatic rings. The van der Waals surface area contributed by atoms with Crippen LogP contribution in [0, 0.1) is 28.6 Å². The molecule has 138 valence electrons. The molecule has 0 bridgehead atoms. The molecule has 2 N–H and O–H groups in total. The van der Waals surface area contributed by atoms with Crippen LogP contribution in [0.5, 0.6) is 0 Å². The number of carbonyl (C=O) groups excluding carboxylic acids is 2. The number of allylic oxidation sites excluding steroid dienone is 2. The number of ketones is 2. The molecule has 0 amide bonds. The Bertz CT molecular complexity index is 667. The second kappa shape index (κ2) is 5.26. The van der Waals surface area contributed by atoms with Gasteiger partial charge >= 0.3 is 0 Å². The summed E-state index contributed by atoms with van der Waals surface area (Å²) in [4.78, 5) is 25.1. The fourth-order valence-corrected chi connectivity index (χ4v) is 7.13. The van der Waals surface area contributed by atoms with Crippen molar-refractivity contribution < 1.29 is 19.8 Å². The summed E-state index contributed by atoms with van der Waals surface area (Å²) in [6.07, 6.45) is 6.24. The summed E-state index contributed by atoms with van der Waals surface area (Å²) in [5.74, 6) is 0.923. The van der Waals surface area contributed by atoms with Gasteiger partial charge < -0.3 is 10.2 Å². The fraction of sp³-hybridized carbons (Fsp3) is 0.810. The summed E-state index contributed by atoms with van der Waals surface area (Å²) in [7, 11) is 0. The smallest absolute Gasteiger partial charge is 0.165 e. The number of hydrogen-bond donors (Lipinski definition) is 2. The molecule has 3 fully saturated rings. The van der Waals surface area contributed by atoms with Crippen molar-refractivity contribution in [1.82, 2.24) is 0 Å². The van der Waals surface area contributed by atoms with Crippen molar-refractivity contribution >= 4 is 11.6 Å². The molecular formula is C21H30O4. The SMILES string of the molecule is CC(=O)C1=CC[C@H]2[C@@H]3CC(=O)[C@@]4(O)C[C@@H](O)CC[C@]4(C)[C@H]3CC[C@]12C. The summed E-state index contributed by atoms with van der Waals surface area (Å²) in [6, 6.07) is 0. The van der Waals surface area contributed by atoms with Gasteiger partial charge in [0.05, 0.1) is 6.10 Å². The van der Waals surface area contributed by atoms with E-state index in [1.54, 1.807) is 6.92 Å². The molecule has 4 rings (SSSR count). The number of Topliss-reactive ketones (excluding diaryl/α,β-unsaturated/α-hetero) is 2. The van der Waals surface area contributed by atoms with Crippen molar-refractivity contribution in [2.24, 2.45) is 28.6 Å². The van der Waals surface area contributed by atoms with Gasteiger partial charge in [-0.15, -0.1) is 0 Å². The molecular weight excluding hydrogens is 316 g/mol. The first kappa shape index (κ1) is 17.4. The van der Waals surface area contributed by atoms with E-state index in [0.717, 1.165) is 24.8 Å². The van der Waals surface area contributed by atoms with E-state index in [-0.39, 0.29) is 29.3 Å². The predicted octanol–water partition coefficient (Wildman–Crippen LogP) is 2.81. The van der Waals surface area contributed by atoms with Crippen molar-refractivity contribution in [2.75, 3.05) is 0 Å². The van der Waals surface area contributed by atoms with Gasteiger partial charge in [0.1, 0.15) is 5.60 Å². The Morgan fingerprint density at radius 1 is 1.20 bits per heavy atom. The second-order valence-corrected chi connectivity index (χ2v) is 9.54. The van der Waals surface area contributed by atoms with Gasteiger partial charge in [-0.2, -0.15) is 0 Å². The molecule has 0 radical (unpaired) electrons. The highest BCUT2D eigenvalue weighted by Gasteiger charge is 2.67. The molecule has 0 aromatic rings. The molecule has 0 aromatic carbocycles. The summed E-state index contributed by atoms with van der Waals surface area (Å²) >= 11 is 0. The van der Waals surface area contributed by atoms with Crippen LogP contribution in [-0.2, 0) is 9.59 Å². The molecule has 4 aliphatic carbocycles. The number of fused-ring (bicyclic) bond motifs is 5. The molecule has 0 saturated heterocycles. The van der Waals surface area contributed by atoms with E-state index in [2.05, 4.69) is 19.9 Å². The Hall–Kier alpha value is -1.00. The number of rotatable bonds is 1. The molecule has 4 heteroatoms. The van der Waals surface area contributed by atoms with E-state index in [9.17, 15) is 19.8 Å². The highest BCUT2D eigenvalue weighted by molar-refractivity contribution is 5.95. The molecule has 0 unspecified atom stereocenters. The highest BCUT2D eigenvalue weighted by Crippen LogP contribution is 2.66. The van der Waals surface area contributed by atoms with Crippen LogP contribution in [0.2, 0.25) is 0 Å². The average molecular weight is 346 g/mol. The Morgan fingerprint density at radius 2 is 1.92 bits per heavy atom. The highest BCUT2D eigenvalue weighted by atomic mass is 16.3. The summed E-state index contributed by atoms with van der Waals surface area (Å²) < 4.78 is 0. The lowest BCUT2D eigenvalue weighted by Gasteiger charge is -2.62. The normalized spacial score (nSPS) is 52.0. The Morgan fingerprint density at radius 3 is 2.60 bits per heavy atom. The van der Waals surface area contributed by atoms with Crippen LogP contribution >= 0.6 is 0 Å². The first-order valence-electron chi connectivity index (χ1n) is 9.79. The van der Waals surface area contributed by atoms with Gasteiger partial charge in [0.2, 0.25) is 0 Å². The van der Waals surface area contributed by atoms with Crippen molar-refractivity contribution in [2.45, 2.75) is 77.4 Å². The topological polar surface area (TPSA) is 74.6 Å². The minimum absolute atomic E-state index is 0.0875. The first-order chi connectivity index (χ1) is 11.6. The number of aliphatic hydroxyl groups is 2. The molecule has 0 aliphatic heterocycles. The third kappa shape index (κ3) is 2.07. The van der Waals surface area contributed by atoms with Gasteiger partial charge in [0, 0.05) is 18.3 Å². The van der Waals surface area contributed by atoms with Crippen LogP contribution in [0.3, 0.4) is 0 Å². The molecule has 4 nitrogen and oxygen atoms in total. The van der Waals surface area contributed by atoms with E-state index in [4.69, 9.17) is 0 Å². The monoisotopic (exact) mass is 346 g/mol. The van der Waals surface area contributed by atoms with E-state index in [1.165, 1.54) is 0 Å². The van der Waals surface area contributed by atoms with Gasteiger partial charge in [-0.1, -0.05) is 19.9 Å². The van der Waals surface area contributed by atoms with Crippen LogP contribution in [0.1, 0.15) is 65.7 Å². The molecule has 7 atom stereocenters. The predicted molar refractivity (Wildman–Crippen MR) is 93.7 cm³/mol. The van der Waals surface area contributed by atoms with Gasteiger partial charge in [0.15, 0.2) is 11.6 Å². The molecule has 0 heterocycles. The van der Waals surface area contributed by atoms with Crippen LogP contribution in [0.4, 0.5) is 0 Å². The largest absolute Gasteiger partial charge is 0.393 e. The lowest BCUT2D eigenvalue weighted by Crippen LogP contribution is -2.67. The zero-order chi connectivity index (χ0) is 18.2. The zero-order valence-electron chi connectivity index (χ0n) is 15.5. The summed E-state index contributed by atoms with van der Waals surface area (Å²) in [6.45, 7) is 5.93. The van der Waals surface area contributed by atoms with Gasteiger partial charge in [-0.3, -0.25) is 9.59 Å². The fourth-order valence-electron chi connectivity index (χ4n) is 7.13. The summed E-state index contributed by atoms with van der Waals surface area (Å²) in [5, 5.41) is 21.4. The van der Waals surface area contributed by atoms with Crippen LogP contribution in [0.25, 0.3) is 0 Å². The van der Waals surface area contributed by atoms with E-state index in [0.29, 0.717) is 31.1 Å². The molecule has 3 saturated carbocycles. The van der Waals surface area contributed by atoms with Gasteiger partial charge in [-0.05, 0) is 67.8 Å². The minimum Gasteiger partial charge on any atom is -0.393 e. The van der Waals surface area contributed by atoms with Crippen molar-refractivity contribution in [3.8, 4) is 0 Å². The molecule has 0 aromatic heterocycles. The number of aliphatic hydroxyl groups excluding tert-OH is 1. The van der Waals surface area contributed by atoms with Crippen LogP contribution in [0.15, 0.2) is 11.6 Å². The van der Waals surface area contributed by atoms with Gasteiger partial charge in [0.25, 0.3) is 0 Å². The number of carbonyl (C=O) groups is 2. The maximum atomic E-state index is 13.0. The third-order valence-corrected chi connectivity index (χ3v) is 8.57. The standard InChI is InChI=1S/C21H30O4/c1-12(22)15-4-5-16-14-10-18(24)21(25)11-13(23)6-9-20(21,3)17(14)7-8-19(15,16)2/h4,13-14,16-17,23,25H,5-11H2,1-3H3/t13-,14-,16-,17-,19+,20+,21-/m0/s1. The average Bonchev–Trinajstić information content (AvgIpc) is 2.88. The quantitative estimate of drug-likeness (QED) is 0.766. The third-order valence-electron chi connectivity index (χ3n) is 8.57. The van der Waals surface area contributed by atoms with Crippen LogP contribution in [-0.4, -0.2) is 33.5 Å². The van der Waals surface area contributed by atoms with Crippen molar-refractivity contribution in [1.29, 1.82) is 0 Å². The molecule has 0 spiro atoms. The van der Waals surface area contributed by atoms with Crippen LogP contribution < -0.4 is 0 Å². The van der Waals surface area contributed by atoms with Crippen molar-refractivity contribution in [3.05, 3.63) is 11.6 Å². The Labute approximate surface area is 149 Å². The van der Waals surface area contributed by atoms with E-state index < -0.39 is 17.1 Å². The zero-order valence-corrected chi connectivity index (χ0v) is 15.5. The Kier molecular flexibility index (Phi) is 3.66. The van der Waals surface area contributed by atoms with Gasteiger partial charge in [-0.25, -0.2) is 0 Å². The van der Waals surface area contributed by atoms with Crippen molar-refractivity contribution in [3.63, 3.8) is 0 Å². The second-order valence-electron chi connectivity index (χ2n) is 9.54. The lowest BCUT2D eigenvalue weighted by molar-refractivity contribution is -0.211.